The molecule has 3 saturated carbocycles. The predicted octanol–water partition coefficient (Wildman–Crippen LogP) is 2.94. The van der Waals surface area contributed by atoms with Gasteiger partial charge in [-0.25, -0.2) is 0 Å². The first-order valence-corrected chi connectivity index (χ1v) is 5.83. The van der Waals surface area contributed by atoms with Gasteiger partial charge in [0.1, 0.15) is 5.78 Å². The monoisotopic (exact) mass is 178 g/mol. The highest BCUT2D eigenvalue weighted by molar-refractivity contribution is 5.83. The van der Waals surface area contributed by atoms with E-state index in [-0.39, 0.29) is 0 Å². The van der Waals surface area contributed by atoms with Gasteiger partial charge in [-0.15, -0.1) is 0 Å². The van der Waals surface area contributed by atoms with Crippen LogP contribution in [0.1, 0.15) is 51.4 Å². The molecule has 3 aliphatic carbocycles. The molecule has 1 heteroatoms. The molecule has 72 valence electrons. The van der Waals surface area contributed by atoms with Gasteiger partial charge in [-0.2, -0.15) is 0 Å². The van der Waals surface area contributed by atoms with Crippen LogP contribution in [0.25, 0.3) is 0 Å². The van der Waals surface area contributed by atoms with Crippen LogP contribution >= 0.6 is 0 Å². The van der Waals surface area contributed by atoms with Crippen molar-refractivity contribution in [2.24, 2.45) is 17.3 Å². The molecular formula is C12H18O. The highest BCUT2D eigenvalue weighted by atomic mass is 16.1. The van der Waals surface area contributed by atoms with Crippen LogP contribution in [0, 0.1) is 17.3 Å². The Kier molecular flexibility index (Phi) is 1.59. The Balaban J connectivity index is 1.86. The van der Waals surface area contributed by atoms with Crippen LogP contribution in [0.2, 0.25) is 0 Å². The molecule has 3 rings (SSSR count). The Morgan fingerprint density at radius 1 is 1.15 bits per heavy atom. The molecule has 13 heavy (non-hydrogen) atoms. The molecule has 0 aliphatic heterocycles. The van der Waals surface area contributed by atoms with Crippen molar-refractivity contribution in [3.05, 3.63) is 0 Å². The molecule has 0 N–H and O–H groups in total. The van der Waals surface area contributed by atoms with Gasteiger partial charge in [0.05, 0.1) is 0 Å². The minimum absolute atomic E-state index is 0.486. The first-order valence-electron chi connectivity index (χ1n) is 5.83. The van der Waals surface area contributed by atoms with Gasteiger partial charge in [0.15, 0.2) is 0 Å². The highest BCUT2D eigenvalue weighted by Gasteiger charge is 2.52. The zero-order valence-corrected chi connectivity index (χ0v) is 8.22. The topological polar surface area (TPSA) is 17.1 Å². The van der Waals surface area contributed by atoms with Crippen molar-refractivity contribution in [1.29, 1.82) is 0 Å². The molecule has 1 nitrogen and oxygen atoms in total. The van der Waals surface area contributed by atoms with Crippen molar-refractivity contribution < 1.29 is 4.79 Å². The summed E-state index contributed by atoms with van der Waals surface area (Å²) < 4.78 is 0. The summed E-state index contributed by atoms with van der Waals surface area (Å²) in [5.74, 6) is 2.08. The maximum atomic E-state index is 11.7. The molecule has 3 fully saturated rings. The SMILES string of the molecule is O=C1CCCC1C12CCC(CC1)C2. The third-order valence-corrected chi connectivity index (χ3v) is 4.84. The maximum absolute atomic E-state index is 11.7. The van der Waals surface area contributed by atoms with Gasteiger partial charge < -0.3 is 0 Å². The highest BCUT2D eigenvalue weighted by Crippen LogP contribution is 2.60. The average Bonchev–Trinajstić information content (AvgIpc) is 2.77. The van der Waals surface area contributed by atoms with Crippen LogP contribution in [0.15, 0.2) is 0 Å². The number of ketones is 1. The molecule has 0 heterocycles. The minimum Gasteiger partial charge on any atom is -0.299 e. The molecule has 0 aromatic heterocycles. The normalized spacial score (nSPS) is 49.1. The molecule has 1 atom stereocenters. The van der Waals surface area contributed by atoms with E-state index in [4.69, 9.17) is 0 Å². The van der Waals surface area contributed by atoms with Gasteiger partial charge in [-0.1, -0.05) is 0 Å². The standard InChI is InChI=1S/C12H18O/c13-11-3-1-2-10(11)12-6-4-9(8-12)5-7-12/h9-10H,1-8H2. The fourth-order valence-corrected chi connectivity index (χ4v) is 4.19. The molecule has 0 aromatic carbocycles. The summed E-state index contributed by atoms with van der Waals surface area (Å²) >= 11 is 0. The van der Waals surface area contributed by atoms with Gasteiger partial charge in [0.25, 0.3) is 0 Å². The van der Waals surface area contributed by atoms with E-state index < -0.39 is 0 Å². The van der Waals surface area contributed by atoms with E-state index >= 15 is 0 Å². The zero-order valence-electron chi connectivity index (χ0n) is 8.22. The second kappa shape index (κ2) is 2.59. The Morgan fingerprint density at radius 3 is 2.38 bits per heavy atom. The number of hydrogen-bond donors (Lipinski definition) is 0. The van der Waals surface area contributed by atoms with Gasteiger partial charge in [-0.05, 0) is 56.3 Å². The first kappa shape index (κ1) is 8.02. The first-order chi connectivity index (χ1) is 6.30. The van der Waals surface area contributed by atoms with Gasteiger partial charge in [0.2, 0.25) is 0 Å². The van der Waals surface area contributed by atoms with Gasteiger partial charge in [-0.3, -0.25) is 4.79 Å². The van der Waals surface area contributed by atoms with Crippen LogP contribution in [0.3, 0.4) is 0 Å². The van der Waals surface area contributed by atoms with E-state index in [1.807, 2.05) is 0 Å². The molecule has 0 saturated heterocycles. The number of Topliss-reactive ketones (excluding diaryl/α,β-unsaturated/α-hetero) is 1. The van der Waals surface area contributed by atoms with Crippen molar-refractivity contribution in [3.63, 3.8) is 0 Å². The molecule has 1 unspecified atom stereocenters. The minimum atomic E-state index is 0.486. The van der Waals surface area contributed by atoms with Crippen molar-refractivity contribution in [1.82, 2.24) is 0 Å². The summed E-state index contributed by atoms with van der Waals surface area (Å²) in [5, 5.41) is 0. The van der Waals surface area contributed by atoms with Crippen LogP contribution in [0.5, 0.6) is 0 Å². The molecule has 2 bridgehead atoms. The van der Waals surface area contributed by atoms with Crippen LogP contribution < -0.4 is 0 Å². The molecule has 0 aromatic rings. The average molecular weight is 178 g/mol. The van der Waals surface area contributed by atoms with Crippen LogP contribution in [-0.4, -0.2) is 5.78 Å². The summed E-state index contributed by atoms with van der Waals surface area (Å²) in [4.78, 5) is 11.7. The molecule has 3 aliphatic rings. The molecule has 0 radical (unpaired) electrons. The predicted molar refractivity (Wildman–Crippen MR) is 51.4 cm³/mol. The van der Waals surface area contributed by atoms with E-state index in [0.717, 1.165) is 12.3 Å². The van der Waals surface area contributed by atoms with Crippen molar-refractivity contribution in [2.45, 2.75) is 51.4 Å². The summed E-state index contributed by atoms with van der Waals surface area (Å²) in [5.41, 5.74) is 0.512. The molecular weight excluding hydrogens is 160 g/mol. The molecule has 0 spiro atoms. The van der Waals surface area contributed by atoms with Gasteiger partial charge in [0, 0.05) is 12.3 Å². The third kappa shape index (κ3) is 1.02. The number of hydrogen-bond acceptors (Lipinski definition) is 1. The Labute approximate surface area is 79.9 Å². The quantitative estimate of drug-likeness (QED) is 0.603. The lowest BCUT2D eigenvalue weighted by molar-refractivity contribution is -0.124. The number of carbonyl (C=O) groups excluding carboxylic acids is 1. The summed E-state index contributed by atoms with van der Waals surface area (Å²) in [6.07, 6.45) is 10.2. The fraction of sp³-hybridized carbons (Fsp3) is 0.917. The van der Waals surface area contributed by atoms with E-state index in [2.05, 4.69) is 0 Å². The van der Waals surface area contributed by atoms with E-state index in [1.54, 1.807) is 0 Å². The van der Waals surface area contributed by atoms with E-state index in [9.17, 15) is 4.79 Å². The Morgan fingerprint density at radius 2 is 1.92 bits per heavy atom. The number of fused-ring (bicyclic) bond motifs is 2. The number of rotatable bonds is 1. The largest absolute Gasteiger partial charge is 0.299 e. The second-order valence-electron chi connectivity index (χ2n) is 5.42. The van der Waals surface area contributed by atoms with E-state index in [0.29, 0.717) is 17.1 Å². The lowest BCUT2D eigenvalue weighted by Gasteiger charge is -2.32. The van der Waals surface area contributed by atoms with Crippen molar-refractivity contribution in [2.75, 3.05) is 0 Å². The van der Waals surface area contributed by atoms with Gasteiger partial charge >= 0.3 is 0 Å². The summed E-state index contributed by atoms with van der Waals surface area (Å²) in [6, 6.07) is 0. The lowest BCUT2D eigenvalue weighted by Crippen LogP contribution is -2.28. The second-order valence-corrected chi connectivity index (χ2v) is 5.42. The summed E-state index contributed by atoms with van der Waals surface area (Å²) in [6.45, 7) is 0. The number of carbonyl (C=O) groups is 1. The smallest absolute Gasteiger partial charge is 0.136 e. The Bertz CT molecular complexity index is 236. The summed E-state index contributed by atoms with van der Waals surface area (Å²) in [7, 11) is 0. The lowest BCUT2D eigenvalue weighted by atomic mass is 9.72. The fourth-order valence-electron chi connectivity index (χ4n) is 4.19. The maximum Gasteiger partial charge on any atom is 0.136 e. The van der Waals surface area contributed by atoms with Crippen molar-refractivity contribution >= 4 is 5.78 Å². The third-order valence-electron chi connectivity index (χ3n) is 4.84. The van der Waals surface area contributed by atoms with Crippen LogP contribution in [-0.2, 0) is 4.79 Å². The van der Waals surface area contributed by atoms with Crippen LogP contribution in [0.4, 0.5) is 0 Å². The zero-order chi connectivity index (χ0) is 8.89. The van der Waals surface area contributed by atoms with Crippen molar-refractivity contribution in [3.8, 4) is 0 Å². The Hall–Kier alpha value is -0.330. The molecule has 0 amide bonds. The van der Waals surface area contributed by atoms with E-state index in [1.165, 1.54) is 44.9 Å².